The lowest BCUT2D eigenvalue weighted by Gasteiger charge is -2.17. The minimum atomic E-state index is -0.677. The minimum Gasteiger partial charge on any atom is -0.391 e. The first-order chi connectivity index (χ1) is 14.4. The summed E-state index contributed by atoms with van der Waals surface area (Å²) in [5.74, 6) is -1.13. The van der Waals surface area contributed by atoms with Gasteiger partial charge in [0.05, 0.1) is 23.5 Å². The van der Waals surface area contributed by atoms with Crippen LogP contribution in [0.15, 0.2) is 59.4 Å². The molecule has 0 bridgehead atoms. The molecule has 1 saturated carbocycles. The number of nitrogens with zero attached hydrogens (tertiary/aromatic N) is 2. The number of hydrogen-bond donors (Lipinski definition) is 2. The first kappa shape index (κ1) is 20.3. The average Bonchev–Trinajstić information content (AvgIpc) is 3.13. The van der Waals surface area contributed by atoms with Crippen LogP contribution in [0.5, 0.6) is 0 Å². The number of amides is 1. The second-order valence-electron chi connectivity index (χ2n) is 7.23. The van der Waals surface area contributed by atoms with Crippen LogP contribution in [-0.4, -0.2) is 32.9 Å². The number of aliphatic hydroxyl groups is 1. The molecule has 4 rings (SSSR count). The second kappa shape index (κ2) is 8.38. The number of benzene rings is 2. The Balaban J connectivity index is 1.82. The highest BCUT2D eigenvalue weighted by atomic mass is 35.5. The van der Waals surface area contributed by atoms with Crippen molar-refractivity contribution in [2.45, 2.75) is 31.4 Å². The van der Waals surface area contributed by atoms with Crippen LogP contribution >= 0.6 is 11.6 Å². The molecule has 1 aliphatic rings. The second-order valence-corrected chi connectivity index (χ2v) is 7.66. The number of hydrogen-bond acceptors (Lipinski definition) is 4. The van der Waals surface area contributed by atoms with E-state index < -0.39 is 29.4 Å². The summed E-state index contributed by atoms with van der Waals surface area (Å²) in [6, 6.07) is 13.2. The van der Waals surface area contributed by atoms with Gasteiger partial charge in [0.2, 0.25) is 0 Å². The number of halogens is 2. The molecule has 1 fully saturated rings. The van der Waals surface area contributed by atoms with E-state index in [2.05, 4.69) is 10.4 Å². The average molecular weight is 428 g/mol. The Bertz CT molecular complexity index is 1150. The Labute approximate surface area is 176 Å². The zero-order valence-corrected chi connectivity index (χ0v) is 16.6. The van der Waals surface area contributed by atoms with Gasteiger partial charge in [-0.1, -0.05) is 29.8 Å². The van der Waals surface area contributed by atoms with E-state index >= 15 is 0 Å². The van der Waals surface area contributed by atoms with Crippen LogP contribution < -0.4 is 10.9 Å². The van der Waals surface area contributed by atoms with Gasteiger partial charge in [0.25, 0.3) is 11.5 Å². The van der Waals surface area contributed by atoms with Gasteiger partial charge in [0.1, 0.15) is 11.4 Å². The smallest absolute Gasteiger partial charge is 0.284 e. The van der Waals surface area contributed by atoms with Crippen molar-refractivity contribution in [3.63, 3.8) is 0 Å². The molecule has 1 amide bonds. The number of rotatable bonds is 4. The van der Waals surface area contributed by atoms with E-state index in [1.54, 1.807) is 24.3 Å². The topological polar surface area (TPSA) is 84.2 Å². The number of aliphatic hydroxyl groups excluding tert-OH is 1. The quantitative estimate of drug-likeness (QED) is 0.669. The van der Waals surface area contributed by atoms with Gasteiger partial charge < -0.3 is 10.4 Å². The molecule has 154 valence electrons. The summed E-state index contributed by atoms with van der Waals surface area (Å²) in [7, 11) is 0. The highest BCUT2D eigenvalue weighted by Gasteiger charge is 2.28. The van der Waals surface area contributed by atoms with E-state index in [1.807, 2.05) is 0 Å². The Morgan fingerprint density at radius 1 is 1.17 bits per heavy atom. The van der Waals surface area contributed by atoms with E-state index in [0.29, 0.717) is 29.1 Å². The van der Waals surface area contributed by atoms with Crippen molar-refractivity contribution in [1.82, 2.24) is 15.1 Å². The maximum absolute atomic E-state index is 13.8. The third-order valence-corrected chi connectivity index (χ3v) is 5.40. The van der Waals surface area contributed by atoms with Crippen LogP contribution in [0.3, 0.4) is 0 Å². The monoisotopic (exact) mass is 427 g/mol. The van der Waals surface area contributed by atoms with Crippen LogP contribution in [-0.2, 0) is 0 Å². The summed E-state index contributed by atoms with van der Waals surface area (Å²) in [6.07, 6.45) is 1.40. The summed E-state index contributed by atoms with van der Waals surface area (Å²) >= 11 is 5.95. The predicted molar refractivity (Wildman–Crippen MR) is 111 cm³/mol. The van der Waals surface area contributed by atoms with Crippen molar-refractivity contribution in [3.8, 4) is 16.9 Å². The molecule has 2 N–H and O–H groups in total. The van der Waals surface area contributed by atoms with Gasteiger partial charge >= 0.3 is 0 Å². The van der Waals surface area contributed by atoms with Gasteiger partial charge in [-0.3, -0.25) is 9.59 Å². The van der Waals surface area contributed by atoms with E-state index in [1.165, 1.54) is 30.3 Å². The van der Waals surface area contributed by atoms with Crippen LogP contribution in [0.25, 0.3) is 16.9 Å². The molecule has 0 unspecified atom stereocenters. The van der Waals surface area contributed by atoms with Crippen molar-refractivity contribution >= 4 is 17.5 Å². The molecule has 8 heteroatoms. The Morgan fingerprint density at radius 3 is 2.60 bits per heavy atom. The largest absolute Gasteiger partial charge is 0.391 e. The standard InChI is InChI=1S/C22H19ClFN3O3/c23-14-9-7-13(8-10-14)19-12-17(21(29)25-18-5-2-6-20(18)28)22(30)27(26-19)16-4-1-3-15(24)11-16/h1,3-4,7-12,18,20,28H,2,5-6H2,(H,25,29)/t18-,20-/m1/s1. The third-order valence-electron chi connectivity index (χ3n) is 5.14. The number of aromatic nitrogens is 2. The molecule has 30 heavy (non-hydrogen) atoms. The molecule has 3 aromatic rings. The summed E-state index contributed by atoms with van der Waals surface area (Å²) < 4.78 is 14.8. The molecule has 6 nitrogen and oxygen atoms in total. The van der Waals surface area contributed by atoms with Crippen molar-refractivity contribution in [2.75, 3.05) is 0 Å². The molecular weight excluding hydrogens is 409 g/mol. The van der Waals surface area contributed by atoms with Crippen molar-refractivity contribution in [2.24, 2.45) is 0 Å². The van der Waals surface area contributed by atoms with Gasteiger partial charge in [-0.2, -0.15) is 9.78 Å². The van der Waals surface area contributed by atoms with E-state index in [9.17, 15) is 19.1 Å². The fraction of sp³-hybridized carbons (Fsp3) is 0.227. The molecule has 1 aliphatic carbocycles. The van der Waals surface area contributed by atoms with Crippen LogP contribution in [0.4, 0.5) is 4.39 Å². The summed E-state index contributed by atoms with van der Waals surface area (Å²) in [5, 5.41) is 17.6. The van der Waals surface area contributed by atoms with Gasteiger partial charge in [-0.25, -0.2) is 4.39 Å². The predicted octanol–water partition coefficient (Wildman–Crippen LogP) is 3.34. The van der Waals surface area contributed by atoms with Crippen LogP contribution in [0, 0.1) is 5.82 Å². The molecule has 0 saturated heterocycles. The Morgan fingerprint density at radius 2 is 1.93 bits per heavy atom. The zero-order valence-electron chi connectivity index (χ0n) is 15.9. The van der Waals surface area contributed by atoms with Crippen molar-refractivity contribution in [1.29, 1.82) is 0 Å². The highest BCUT2D eigenvalue weighted by molar-refractivity contribution is 6.30. The number of carbonyl (C=O) groups is 1. The molecule has 0 aliphatic heterocycles. The molecule has 0 radical (unpaired) electrons. The van der Waals surface area contributed by atoms with Gasteiger partial charge in [-0.15, -0.1) is 0 Å². The lowest BCUT2D eigenvalue weighted by atomic mass is 10.1. The maximum Gasteiger partial charge on any atom is 0.284 e. The zero-order chi connectivity index (χ0) is 21.3. The molecule has 2 atom stereocenters. The van der Waals surface area contributed by atoms with Gasteiger partial charge in [0, 0.05) is 10.6 Å². The first-order valence-electron chi connectivity index (χ1n) is 9.57. The first-order valence-corrected chi connectivity index (χ1v) is 9.95. The van der Waals surface area contributed by atoms with Crippen molar-refractivity contribution in [3.05, 3.63) is 81.4 Å². The van der Waals surface area contributed by atoms with Gasteiger partial charge in [-0.05, 0) is 55.7 Å². The van der Waals surface area contributed by atoms with E-state index in [0.717, 1.165) is 11.1 Å². The SMILES string of the molecule is O=C(N[C@@H]1CCC[C@H]1O)c1cc(-c2ccc(Cl)cc2)nn(-c2cccc(F)c2)c1=O. The van der Waals surface area contributed by atoms with Crippen LogP contribution in [0.1, 0.15) is 29.6 Å². The normalized spacial score (nSPS) is 18.4. The fourth-order valence-electron chi connectivity index (χ4n) is 3.56. The van der Waals surface area contributed by atoms with E-state index in [-0.39, 0.29) is 11.3 Å². The van der Waals surface area contributed by atoms with Gasteiger partial charge in [0.15, 0.2) is 0 Å². The van der Waals surface area contributed by atoms with Crippen molar-refractivity contribution < 1.29 is 14.3 Å². The molecule has 1 heterocycles. The summed E-state index contributed by atoms with van der Waals surface area (Å²) in [6.45, 7) is 0. The number of nitrogens with one attached hydrogen (secondary N) is 1. The lowest BCUT2D eigenvalue weighted by molar-refractivity contribution is 0.0871. The third kappa shape index (κ3) is 4.13. The highest BCUT2D eigenvalue weighted by Crippen LogP contribution is 2.22. The Hall–Kier alpha value is -3.03. The minimum absolute atomic E-state index is 0.140. The van der Waals surface area contributed by atoms with E-state index in [4.69, 9.17) is 11.6 Å². The lowest BCUT2D eigenvalue weighted by Crippen LogP contribution is -2.42. The molecular formula is C22H19ClFN3O3. The molecule has 0 spiro atoms. The maximum atomic E-state index is 13.8. The summed E-state index contributed by atoms with van der Waals surface area (Å²) in [4.78, 5) is 25.9. The summed E-state index contributed by atoms with van der Waals surface area (Å²) in [5.41, 5.74) is 0.375. The molecule has 2 aromatic carbocycles. The Kier molecular flexibility index (Phi) is 5.65. The molecule has 1 aromatic heterocycles. The fourth-order valence-corrected chi connectivity index (χ4v) is 3.68. The van der Waals surface area contributed by atoms with Crippen LogP contribution in [0.2, 0.25) is 5.02 Å². The number of carbonyl (C=O) groups excluding carboxylic acids is 1.